The summed E-state index contributed by atoms with van der Waals surface area (Å²) in [6.45, 7) is 5.39. The molecule has 0 aliphatic rings. The summed E-state index contributed by atoms with van der Waals surface area (Å²) >= 11 is 0. The fourth-order valence-corrected chi connectivity index (χ4v) is 1.17. The molecular weight excluding hydrogens is 212 g/mol. The number of rotatable bonds is 1. The Morgan fingerprint density at radius 2 is 1.62 bits per heavy atom. The number of hydrogen-bond donors (Lipinski definition) is 0. The van der Waals surface area contributed by atoms with Crippen LogP contribution in [-0.2, 0) is 0 Å². The van der Waals surface area contributed by atoms with Crippen molar-refractivity contribution in [1.29, 1.82) is 0 Å². The first-order valence-corrected chi connectivity index (χ1v) is 4.97. The van der Waals surface area contributed by atoms with Gasteiger partial charge in [-0.1, -0.05) is 6.07 Å². The van der Waals surface area contributed by atoms with Crippen LogP contribution in [0.25, 0.3) is 0 Å². The second-order valence-electron chi connectivity index (χ2n) is 4.63. The predicted octanol–water partition coefficient (Wildman–Crippen LogP) is 2.84. The Morgan fingerprint density at radius 1 is 1.19 bits per heavy atom. The minimum Gasteiger partial charge on any atom is -0.337 e. The molecule has 0 aromatic heterocycles. The van der Waals surface area contributed by atoms with Crippen molar-refractivity contribution in [1.82, 2.24) is 4.90 Å². The van der Waals surface area contributed by atoms with Crippen LogP contribution in [0.4, 0.5) is 8.78 Å². The summed E-state index contributed by atoms with van der Waals surface area (Å²) in [5, 5.41) is 0. The Morgan fingerprint density at radius 3 is 2.00 bits per heavy atom. The fourth-order valence-electron chi connectivity index (χ4n) is 1.17. The lowest BCUT2D eigenvalue weighted by Crippen LogP contribution is -2.43. The first kappa shape index (κ1) is 12.6. The van der Waals surface area contributed by atoms with Crippen molar-refractivity contribution in [3.05, 3.63) is 35.4 Å². The molecule has 0 N–H and O–H groups in total. The van der Waals surface area contributed by atoms with Crippen LogP contribution in [0.2, 0.25) is 0 Å². The molecule has 0 bridgehead atoms. The molecule has 16 heavy (non-hydrogen) atoms. The van der Waals surface area contributed by atoms with Gasteiger partial charge in [-0.05, 0) is 32.9 Å². The van der Waals surface area contributed by atoms with Crippen LogP contribution >= 0.6 is 0 Å². The second kappa shape index (κ2) is 4.20. The van der Waals surface area contributed by atoms with E-state index in [0.29, 0.717) is 0 Å². The lowest BCUT2D eigenvalue weighted by atomic mass is 10.0. The van der Waals surface area contributed by atoms with E-state index in [1.807, 2.05) is 0 Å². The molecule has 1 rings (SSSR count). The molecule has 1 amide bonds. The minimum absolute atomic E-state index is 0.480. The summed E-state index contributed by atoms with van der Waals surface area (Å²) in [6, 6.07) is 3.39. The summed E-state index contributed by atoms with van der Waals surface area (Å²) in [5.41, 5.74) is -0.980. The highest BCUT2D eigenvalue weighted by Crippen LogP contribution is 2.19. The topological polar surface area (TPSA) is 20.3 Å². The van der Waals surface area contributed by atoms with Gasteiger partial charge in [-0.15, -0.1) is 0 Å². The summed E-state index contributed by atoms with van der Waals surface area (Å²) in [4.78, 5) is 13.2. The van der Waals surface area contributed by atoms with Gasteiger partial charge in [-0.3, -0.25) is 4.79 Å². The molecule has 0 saturated carbocycles. The van der Waals surface area contributed by atoms with Crippen molar-refractivity contribution < 1.29 is 13.6 Å². The molecule has 0 spiro atoms. The molecule has 88 valence electrons. The number of hydrogen-bond acceptors (Lipinski definition) is 1. The Balaban J connectivity index is 3.16. The maximum Gasteiger partial charge on any atom is 0.260 e. The van der Waals surface area contributed by atoms with Crippen molar-refractivity contribution in [2.45, 2.75) is 26.3 Å². The van der Waals surface area contributed by atoms with E-state index >= 15 is 0 Å². The van der Waals surface area contributed by atoms with E-state index in [9.17, 15) is 13.6 Å². The zero-order chi connectivity index (χ0) is 12.5. The van der Waals surface area contributed by atoms with Gasteiger partial charge in [0.2, 0.25) is 0 Å². The number of benzene rings is 1. The van der Waals surface area contributed by atoms with Gasteiger partial charge >= 0.3 is 0 Å². The molecule has 0 aliphatic heterocycles. The highest BCUT2D eigenvalue weighted by molar-refractivity contribution is 5.95. The zero-order valence-electron chi connectivity index (χ0n) is 9.84. The number of nitrogens with zero attached hydrogens (tertiary/aromatic N) is 1. The first-order chi connectivity index (χ1) is 7.25. The van der Waals surface area contributed by atoms with Gasteiger partial charge in [-0.2, -0.15) is 0 Å². The quantitative estimate of drug-likeness (QED) is 0.722. The van der Waals surface area contributed by atoms with Gasteiger partial charge in [-0.25, -0.2) is 8.78 Å². The van der Waals surface area contributed by atoms with E-state index in [-0.39, 0.29) is 0 Å². The van der Waals surface area contributed by atoms with Crippen LogP contribution in [0.5, 0.6) is 0 Å². The van der Waals surface area contributed by atoms with Crippen molar-refractivity contribution in [3.63, 3.8) is 0 Å². The zero-order valence-corrected chi connectivity index (χ0v) is 9.84. The summed E-state index contributed by atoms with van der Waals surface area (Å²) in [6.07, 6.45) is 0. The molecule has 0 fully saturated rings. The van der Waals surface area contributed by atoms with Gasteiger partial charge in [0.15, 0.2) is 0 Å². The van der Waals surface area contributed by atoms with Gasteiger partial charge < -0.3 is 4.90 Å². The standard InChI is InChI=1S/C12H15F2NO/c1-12(2,3)15(4)11(16)10-8(13)6-5-7-9(10)14/h5-7H,1-4H3. The third-order valence-electron chi connectivity index (χ3n) is 2.49. The molecule has 4 heteroatoms. The van der Waals surface area contributed by atoms with Crippen LogP contribution in [0, 0.1) is 11.6 Å². The summed E-state index contributed by atoms with van der Waals surface area (Å²) in [7, 11) is 1.52. The van der Waals surface area contributed by atoms with Crippen LogP contribution in [0.3, 0.4) is 0 Å². The number of carbonyl (C=O) groups excluding carboxylic acids is 1. The average molecular weight is 227 g/mol. The molecule has 0 heterocycles. The Labute approximate surface area is 93.9 Å². The van der Waals surface area contributed by atoms with Crippen LogP contribution in [0.15, 0.2) is 18.2 Å². The predicted molar refractivity (Wildman–Crippen MR) is 58.2 cm³/mol. The molecular formula is C12H15F2NO. The van der Waals surface area contributed by atoms with E-state index in [2.05, 4.69) is 0 Å². The molecule has 0 unspecified atom stereocenters. The smallest absolute Gasteiger partial charge is 0.260 e. The van der Waals surface area contributed by atoms with E-state index < -0.39 is 28.6 Å². The Kier molecular flexibility index (Phi) is 3.31. The summed E-state index contributed by atoms with van der Waals surface area (Å²) in [5.74, 6) is -2.31. The largest absolute Gasteiger partial charge is 0.337 e. The molecule has 0 aliphatic carbocycles. The normalized spacial score (nSPS) is 11.4. The van der Waals surface area contributed by atoms with Crippen molar-refractivity contribution in [2.75, 3.05) is 7.05 Å². The SMILES string of the molecule is CN(C(=O)c1c(F)cccc1F)C(C)(C)C. The van der Waals surface area contributed by atoms with Crippen molar-refractivity contribution in [3.8, 4) is 0 Å². The molecule has 1 aromatic rings. The lowest BCUT2D eigenvalue weighted by molar-refractivity contribution is 0.0646. The number of halogens is 2. The molecule has 2 nitrogen and oxygen atoms in total. The molecule has 0 radical (unpaired) electrons. The molecule has 0 atom stereocenters. The molecule has 0 saturated heterocycles. The van der Waals surface area contributed by atoms with Gasteiger partial charge in [0.25, 0.3) is 5.91 Å². The maximum atomic E-state index is 13.4. The van der Waals surface area contributed by atoms with Gasteiger partial charge in [0.05, 0.1) is 0 Å². The monoisotopic (exact) mass is 227 g/mol. The third-order valence-corrected chi connectivity index (χ3v) is 2.49. The van der Waals surface area contributed by atoms with E-state index in [1.54, 1.807) is 20.8 Å². The number of carbonyl (C=O) groups is 1. The average Bonchev–Trinajstić information content (AvgIpc) is 2.14. The molecule has 1 aromatic carbocycles. The van der Waals surface area contributed by atoms with Gasteiger partial charge in [0, 0.05) is 12.6 Å². The van der Waals surface area contributed by atoms with Crippen molar-refractivity contribution in [2.24, 2.45) is 0 Å². The maximum absolute atomic E-state index is 13.4. The number of amides is 1. The van der Waals surface area contributed by atoms with E-state index in [1.165, 1.54) is 18.0 Å². The van der Waals surface area contributed by atoms with Crippen LogP contribution in [0.1, 0.15) is 31.1 Å². The van der Waals surface area contributed by atoms with Crippen LogP contribution < -0.4 is 0 Å². The Hall–Kier alpha value is -1.45. The lowest BCUT2D eigenvalue weighted by Gasteiger charge is -2.32. The second-order valence-corrected chi connectivity index (χ2v) is 4.63. The van der Waals surface area contributed by atoms with Gasteiger partial charge in [0.1, 0.15) is 17.2 Å². The van der Waals surface area contributed by atoms with Crippen LogP contribution in [-0.4, -0.2) is 23.4 Å². The Bertz CT molecular complexity index is 390. The fraction of sp³-hybridized carbons (Fsp3) is 0.417. The summed E-state index contributed by atoms with van der Waals surface area (Å²) < 4.78 is 26.7. The minimum atomic E-state index is -0.832. The highest BCUT2D eigenvalue weighted by atomic mass is 19.1. The van der Waals surface area contributed by atoms with E-state index in [4.69, 9.17) is 0 Å². The first-order valence-electron chi connectivity index (χ1n) is 4.97. The van der Waals surface area contributed by atoms with Crippen molar-refractivity contribution >= 4 is 5.91 Å². The third kappa shape index (κ3) is 2.38. The van der Waals surface area contributed by atoms with E-state index in [0.717, 1.165) is 12.1 Å². The highest BCUT2D eigenvalue weighted by Gasteiger charge is 2.27.